The van der Waals surface area contributed by atoms with Gasteiger partial charge in [-0.1, -0.05) is 42.5 Å². The molecular weight excluding hydrogens is 392 g/mol. The van der Waals surface area contributed by atoms with Gasteiger partial charge in [-0.2, -0.15) is 0 Å². The number of tetrazole rings is 1. The van der Waals surface area contributed by atoms with Crippen LogP contribution in [0.4, 0.5) is 0 Å². The van der Waals surface area contributed by atoms with Gasteiger partial charge < -0.3 is 10.1 Å². The van der Waals surface area contributed by atoms with E-state index in [0.717, 1.165) is 24.3 Å². The number of hydrogen-bond donors (Lipinski definition) is 1. The summed E-state index contributed by atoms with van der Waals surface area (Å²) in [6, 6.07) is 18.1. The number of carbonyl (C=O) groups is 1. The van der Waals surface area contributed by atoms with Crippen LogP contribution < -0.4 is 10.1 Å². The van der Waals surface area contributed by atoms with Crippen molar-refractivity contribution in [3.05, 3.63) is 72.1 Å². The van der Waals surface area contributed by atoms with Gasteiger partial charge in [-0.05, 0) is 53.5 Å². The predicted octanol–water partition coefficient (Wildman–Crippen LogP) is 2.25. The van der Waals surface area contributed by atoms with Gasteiger partial charge in [0.15, 0.2) is 0 Å². The fourth-order valence-electron chi connectivity index (χ4n) is 4.04. The second kappa shape index (κ2) is 10.2. The molecule has 162 valence electrons. The Hall–Kier alpha value is -3.26. The molecule has 1 saturated heterocycles. The van der Waals surface area contributed by atoms with E-state index >= 15 is 0 Å². The number of hydrogen-bond acceptors (Lipinski definition) is 6. The average molecular weight is 421 g/mol. The highest BCUT2D eigenvalue weighted by atomic mass is 16.5. The summed E-state index contributed by atoms with van der Waals surface area (Å²) in [7, 11) is 0. The van der Waals surface area contributed by atoms with E-state index in [1.54, 1.807) is 11.0 Å². The number of nitrogens with zero attached hydrogens (tertiary/aromatic N) is 5. The Morgan fingerprint density at radius 1 is 1.13 bits per heavy atom. The molecule has 2 atom stereocenters. The van der Waals surface area contributed by atoms with Crippen LogP contribution in [0.2, 0.25) is 0 Å². The highest BCUT2D eigenvalue weighted by Crippen LogP contribution is 2.28. The second-order valence-corrected chi connectivity index (χ2v) is 7.73. The molecule has 8 nitrogen and oxygen atoms in total. The lowest BCUT2D eigenvalue weighted by atomic mass is 10.1. The third-order valence-electron chi connectivity index (χ3n) is 5.60. The van der Waals surface area contributed by atoms with Crippen LogP contribution in [-0.4, -0.2) is 56.8 Å². The van der Waals surface area contributed by atoms with Gasteiger partial charge in [0.1, 0.15) is 12.1 Å². The molecule has 1 amide bonds. The molecule has 4 rings (SSSR count). The van der Waals surface area contributed by atoms with Crippen LogP contribution in [0.3, 0.4) is 0 Å². The molecule has 0 spiro atoms. The molecule has 0 unspecified atom stereocenters. The minimum atomic E-state index is -0.225. The maximum atomic E-state index is 13.1. The summed E-state index contributed by atoms with van der Waals surface area (Å²) in [6.07, 6.45) is 3.11. The minimum absolute atomic E-state index is 0.0532. The molecule has 8 heteroatoms. The van der Waals surface area contributed by atoms with Crippen molar-refractivity contribution in [2.75, 3.05) is 19.7 Å². The summed E-state index contributed by atoms with van der Waals surface area (Å²) >= 11 is 0. The van der Waals surface area contributed by atoms with Crippen molar-refractivity contribution < 1.29 is 9.53 Å². The quantitative estimate of drug-likeness (QED) is 0.572. The van der Waals surface area contributed by atoms with E-state index < -0.39 is 0 Å². The summed E-state index contributed by atoms with van der Waals surface area (Å²) in [4.78, 5) is 15.3. The summed E-state index contributed by atoms with van der Waals surface area (Å²) in [5.74, 6) is 0.909. The number of likely N-dealkylation sites (tertiary alicyclic amines) is 1. The molecule has 1 aliphatic heterocycles. The minimum Gasteiger partial charge on any atom is -0.494 e. The highest BCUT2D eigenvalue weighted by Gasteiger charge is 2.38. The van der Waals surface area contributed by atoms with E-state index in [1.165, 1.54) is 5.56 Å². The molecule has 1 N–H and O–H groups in total. The van der Waals surface area contributed by atoms with E-state index in [2.05, 4.69) is 50.0 Å². The van der Waals surface area contributed by atoms with Gasteiger partial charge in [0, 0.05) is 19.6 Å². The molecular formula is C23H28N6O2. The molecule has 2 heterocycles. The van der Waals surface area contributed by atoms with Gasteiger partial charge in [-0.3, -0.25) is 9.69 Å². The van der Waals surface area contributed by atoms with Crippen molar-refractivity contribution in [2.45, 2.75) is 38.4 Å². The first-order valence-electron chi connectivity index (χ1n) is 10.7. The topological polar surface area (TPSA) is 85.2 Å². The van der Waals surface area contributed by atoms with Crippen molar-refractivity contribution in [1.29, 1.82) is 0 Å². The Kier molecular flexibility index (Phi) is 6.89. The van der Waals surface area contributed by atoms with Crippen LogP contribution in [0.1, 0.15) is 30.5 Å². The summed E-state index contributed by atoms with van der Waals surface area (Å²) in [5, 5.41) is 14.7. The number of amides is 1. The summed E-state index contributed by atoms with van der Waals surface area (Å²) in [6.45, 7) is 4.63. The molecule has 1 aromatic heterocycles. The first-order valence-corrected chi connectivity index (χ1v) is 10.7. The Morgan fingerprint density at radius 3 is 2.65 bits per heavy atom. The highest BCUT2D eigenvalue weighted by molar-refractivity contribution is 5.82. The van der Waals surface area contributed by atoms with Crippen molar-refractivity contribution in [2.24, 2.45) is 0 Å². The van der Waals surface area contributed by atoms with Gasteiger partial charge in [0.05, 0.1) is 18.7 Å². The van der Waals surface area contributed by atoms with Gasteiger partial charge in [0.2, 0.25) is 5.91 Å². The van der Waals surface area contributed by atoms with E-state index in [1.807, 2.05) is 37.3 Å². The summed E-state index contributed by atoms with van der Waals surface area (Å²) < 4.78 is 7.29. The number of benzene rings is 2. The third kappa shape index (κ3) is 5.46. The Bertz CT molecular complexity index is 946. The molecule has 31 heavy (non-hydrogen) atoms. The molecule has 2 aromatic carbocycles. The maximum absolute atomic E-state index is 13.1. The van der Waals surface area contributed by atoms with Gasteiger partial charge in [0.25, 0.3) is 0 Å². The fourth-order valence-corrected chi connectivity index (χ4v) is 4.04. The molecule has 0 aliphatic carbocycles. The lowest BCUT2D eigenvalue weighted by molar-refractivity contribution is -0.125. The van der Waals surface area contributed by atoms with E-state index in [4.69, 9.17) is 4.74 Å². The maximum Gasteiger partial charge on any atom is 0.237 e. The first kappa shape index (κ1) is 21.0. The number of aromatic nitrogens is 4. The van der Waals surface area contributed by atoms with Crippen LogP contribution in [-0.2, 0) is 17.8 Å². The Morgan fingerprint density at radius 2 is 1.94 bits per heavy atom. The predicted molar refractivity (Wildman–Crippen MR) is 116 cm³/mol. The molecule has 0 saturated carbocycles. The lowest BCUT2D eigenvalue weighted by Crippen LogP contribution is -2.43. The number of rotatable bonds is 9. The van der Waals surface area contributed by atoms with E-state index in [0.29, 0.717) is 26.1 Å². The Balaban J connectivity index is 1.41. The van der Waals surface area contributed by atoms with Crippen molar-refractivity contribution in [1.82, 2.24) is 30.4 Å². The van der Waals surface area contributed by atoms with Crippen molar-refractivity contribution in [3.8, 4) is 5.75 Å². The normalized spacial score (nSPS) is 18.7. The zero-order chi connectivity index (χ0) is 21.5. The SMILES string of the molecule is CCOc1ccc(CN2C[C@H](n3cnnn3)C[C@H]2C(=O)NCCc2ccccc2)cc1. The number of nitrogens with one attached hydrogen (secondary N) is 1. The lowest BCUT2D eigenvalue weighted by Gasteiger charge is -2.23. The molecule has 0 bridgehead atoms. The van der Waals surface area contributed by atoms with Crippen LogP contribution >= 0.6 is 0 Å². The average Bonchev–Trinajstić information content (AvgIpc) is 3.46. The van der Waals surface area contributed by atoms with Crippen LogP contribution in [0, 0.1) is 0 Å². The molecule has 3 aromatic rings. The van der Waals surface area contributed by atoms with Crippen LogP contribution in [0.15, 0.2) is 60.9 Å². The number of ether oxygens (including phenoxy) is 1. The van der Waals surface area contributed by atoms with Gasteiger partial charge >= 0.3 is 0 Å². The molecule has 1 fully saturated rings. The van der Waals surface area contributed by atoms with Gasteiger partial charge in [-0.15, -0.1) is 5.10 Å². The molecule has 0 radical (unpaired) electrons. The largest absolute Gasteiger partial charge is 0.494 e. The van der Waals surface area contributed by atoms with Crippen LogP contribution in [0.5, 0.6) is 5.75 Å². The monoisotopic (exact) mass is 420 g/mol. The zero-order valence-electron chi connectivity index (χ0n) is 17.7. The van der Waals surface area contributed by atoms with E-state index in [9.17, 15) is 4.79 Å². The zero-order valence-corrected chi connectivity index (χ0v) is 17.7. The third-order valence-corrected chi connectivity index (χ3v) is 5.60. The number of carbonyl (C=O) groups excluding carboxylic acids is 1. The Labute approximate surface area is 182 Å². The summed E-state index contributed by atoms with van der Waals surface area (Å²) in [5.41, 5.74) is 2.36. The van der Waals surface area contributed by atoms with E-state index in [-0.39, 0.29) is 18.0 Å². The van der Waals surface area contributed by atoms with Crippen molar-refractivity contribution in [3.63, 3.8) is 0 Å². The van der Waals surface area contributed by atoms with Crippen LogP contribution in [0.25, 0.3) is 0 Å². The standard InChI is InChI=1S/C23H28N6O2/c1-2-31-21-10-8-19(9-11-21)15-28-16-20(29-17-25-26-27-29)14-22(28)23(30)24-13-12-18-6-4-3-5-7-18/h3-11,17,20,22H,2,12-16H2,1H3,(H,24,30)/t20-,22+/m1/s1. The first-order chi connectivity index (χ1) is 15.2. The molecule has 1 aliphatic rings. The van der Waals surface area contributed by atoms with Crippen molar-refractivity contribution >= 4 is 5.91 Å². The van der Waals surface area contributed by atoms with Gasteiger partial charge in [-0.25, -0.2) is 4.68 Å². The fraction of sp³-hybridized carbons (Fsp3) is 0.391. The second-order valence-electron chi connectivity index (χ2n) is 7.73. The smallest absolute Gasteiger partial charge is 0.237 e.